The number of carbonyl (C=O) groups is 1. The summed E-state index contributed by atoms with van der Waals surface area (Å²) in [6, 6.07) is 6.76. The first-order valence-electron chi connectivity index (χ1n) is 8.94. The molecule has 2 aromatic rings. The molecule has 1 N–H and O–H groups in total. The third kappa shape index (κ3) is 4.78. The van der Waals surface area contributed by atoms with Gasteiger partial charge in [0.15, 0.2) is 0 Å². The van der Waals surface area contributed by atoms with Crippen LogP contribution < -0.4 is 5.32 Å². The van der Waals surface area contributed by atoms with Gasteiger partial charge in [-0.2, -0.15) is 0 Å². The third-order valence-corrected chi connectivity index (χ3v) is 4.82. The van der Waals surface area contributed by atoms with E-state index < -0.39 is 0 Å². The summed E-state index contributed by atoms with van der Waals surface area (Å²) in [7, 11) is 0. The highest BCUT2D eigenvalue weighted by molar-refractivity contribution is 5.76. The van der Waals surface area contributed by atoms with Crippen LogP contribution >= 0.6 is 0 Å². The molecule has 0 bridgehead atoms. The Hall–Kier alpha value is -2.44. The molecule has 0 saturated carbocycles. The van der Waals surface area contributed by atoms with Crippen LogP contribution in [0.3, 0.4) is 0 Å². The van der Waals surface area contributed by atoms with Crippen molar-refractivity contribution in [1.82, 2.24) is 25.1 Å². The van der Waals surface area contributed by atoms with E-state index in [1.54, 1.807) is 11.0 Å². The summed E-state index contributed by atoms with van der Waals surface area (Å²) in [5.74, 6) is 0.222. The van der Waals surface area contributed by atoms with E-state index >= 15 is 0 Å². The quantitative estimate of drug-likeness (QED) is 0.871. The van der Waals surface area contributed by atoms with Gasteiger partial charge >= 0.3 is 0 Å². The molecule has 134 valence electrons. The lowest BCUT2D eigenvalue weighted by Gasteiger charge is -2.34. The molecule has 0 spiro atoms. The first-order valence-corrected chi connectivity index (χ1v) is 8.94. The Morgan fingerprint density at radius 1 is 1.32 bits per heavy atom. The molecule has 0 radical (unpaired) electrons. The molecule has 2 heterocycles. The van der Waals surface area contributed by atoms with Crippen molar-refractivity contribution in [3.8, 4) is 0 Å². The molecule has 1 aliphatic rings. The number of amides is 1. The Morgan fingerprint density at radius 3 is 2.96 bits per heavy atom. The number of hydrogen-bond donors (Lipinski definition) is 1. The van der Waals surface area contributed by atoms with Crippen molar-refractivity contribution in [3.05, 3.63) is 35.7 Å². The molecule has 1 saturated heterocycles. The molecule has 1 fully saturated rings. The number of anilines is 1. The van der Waals surface area contributed by atoms with Gasteiger partial charge in [-0.1, -0.05) is 6.07 Å². The van der Waals surface area contributed by atoms with Gasteiger partial charge in [0, 0.05) is 37.8 Å². The summed E-state index contributed by atoms with van der Waals surface area (Å²) in [6.07, 6.45) is 5.02. The molecule has 25 heavy (non-hydrogen) atoms. The molecule has 1 atom stereocenters. The lowest BCUT2D eigenvalue weighted by Crippen LogP contribution is -2.45. The van der Waals surface area contributed by atoms with E-state index in [-0.39, 0.29) is 5.91 Å². The highest BCUT2D eigenvalue weighted by atomic mass is 16.2. The number of piperidine rings is 1. The molecular weight excluding hydrogens is 316 g/mol. The number of nitrogens with zero attached hydrogens (tertiary/aromatic N) is 5. The van der Waals surface area contributed by atoms with Crippen molar-refractivity contribution in [2.45, 2.75) is 52.1 Å². The Kier molecular flexibility index (Phi) is 5.63. The van der Waals surface area contributed by atoms with Gasteiger partial charge in [-0.15, -0.1) is 5.10 Å². The Balaban J connectivity index is 1.48. The monoisotopic (exact) mass is 342 g/mol. The van der Waals surface area contributed by atoms with Crippen LogP contribution in [-0.4, -0.2) is 50.1 Å². The van der Waals surface area contributed by atoms with Crippen molar-refractivity contribution in [2.75, 3.05) is 18.4 Å². The van der Waals surface area contributed by atoms with Crippen LogP contribution in [0.1, 0.15) is 36.8 Å². The van der Waals surface area contributed by atoms with Gasteiger partial charge < -0.3 is 10.2 Å². The second kappa shape index (κ2) is 8.09. The fourth-order valence-electron chi connectivity index (χ4n) is 3.22. The van der Waals surface area contributed by atoms with Crippen molar-refractivity contribution in [3.63, 3.8) is 0 Å². The van der Waals surface area contributed by atoms with Gasteiger partial charge in [0.25, 0.3) is 0 Å². The lowest BCUT2D eigenvalue weighted by atomic mass is 10.0. The number of tetrazole rings is 1. The fraction of sp³-hybridized carbons (Fsp3) is 0.556. The zero-order valence-electron chi connectivity index (χ0n) is 15.0. The zero-order chi connectivity index (χ0) is 17.6. The summed E-state index contributed by atoms with van der Waals surface area (Å²) in [4.78, 5) is 14.4. The fourth-order valence-corrected chi connectivity index (χ4v) is 3.22. The van der Waals surface area contributed by atoms with Gasteiger partial charge in [0.2, 0.25) is 5.91 Å². The summed E-state index contributed by atoms with van der Waals surface area (Å²) in [6.45, 7) is 6.56. The highest BCUT2D eigenvalue weighted by Crippen LogP contribution is 2.19. The van der Waals surface area contributed by atoms with Crippen molar-refractivity contribution in [2.24, 2.45) is 0 Å². The number of likely N-dealkylation sites (tertiary alicyclic amines) is 1. The highest BCUT2D eigenvalue weighted by Gasteiger charge is 2.23. The Bertz CT molecular complexity index is 700. The molecule has 0 unspecified atom stereocenters. The maximum absolute atomic E-state index is 12.5. The van der Waals surface area contributed by atoms with Gasteiger partial charge in [0.1, 0.15) is 6.33 Å². The minimum absolute atomic E-state index is 0.222. The number of nitrogens with one attached hydrogen (secondary N) is 1. The molecule has 7 heteroatoms. The molecule has 7 nitrogen and oxygen atoms in total. The van der Waals surface area contributed by atoms with Gasteiger partial charge in [-0.05, 0) is 66.8 Å². The van der Waals surface area contributed by atoms with E-state index in [1.165, 1.54) is 11.1 Å². The van der Waals surface area contributed by atoms with Gasteiger partial charge in [-0.3, -0.25) is 4.79 Å². The summed E-state index contributed by atoms with van der Waals surface area (Å²) < 4.78 is 1.66. The molecular formula is C18H26N6O. The van der Waals surface area contributed by atoms with Crippen LogP contribution in [0.15, 0.2) is 24.5 Å². The first-order chi connectivity index (χ1) is 12.1. The largest absolute Gasteiger partial charge is 0.381 e. The van der Waals surface area contributed by atoms with E-state index in [2.05, 4.69) is 52.9 Å². The van der Waals surface area contributed by atoms with Gasteiger partial charge in [0.05, 0.1) is 0 Å². The minimum atomic E-state index is 0.222. The number of carbonyl (C=O) groups excluding carboxylic acids is 1. The average molecular weight is 342 g/mol. The summed E-state index contributed by atoms with van der Waals surface area (Å²) >= 11 is 0. The van der Waals surface area contributed by atoms with Crippen molar-refractivity contribution >= 4 is 11.6 Å². The molecule has 1 aromatic heterocycles. The molecule has 1 aromatic carbocycles. The SMILES string of the molecule is Cc1ccc(N[C@@H]2CCCN(C(=O)CCCn3cnnn3)C2)cc1C. The molecule has 3 rings (SSSR count). The maximum atomic E-state index is 12.5. The van der Waals surface area contributed by atoms with Crippen LogP contribution in [0.2, 0.25) is 0 Å². The van der Waals surface area contributed by atoms with E-state index in [9.17, 15) is 4.79 Å². The van der Waals surface area contributed by atoms with Crippen molar-refractivity contribution < 1.29 is 4.79 Å². The topological polar surface area (TPSA) is 75.9 Å². The van der Waals surface area contributed by atoms with E-state index in [0.29, 0.717) is 19.0 Å². The van der Waals surface area contributed by atoms with Crippen LogP contribution in [0, 0.1) is 13.8 Å². The van der Waals surface area contributed by atoms with Crippen LogP contribution in [0.5, 0.6) is 0 Å². The molecule has 1 aliphatic heterocycles. The van der Waals surface area contributed by atoms with E-state index in [1.807, 2.05) is 4.90 Å². The number of rotatable bonds is 6. The normalized spacial score (nSPS) is 17.5. The van der Waals surface area contributed by atoms with Gasteiger partial charge in [-0.25, -0.2) is 4.68 Å². The van der Waals surface area contributed by atoms with Crippen LogP contribution in [-0.2, 0) is 11.3 Å². The molecule has 0 aliphatic carbocycles. The predicted molar refractivity (Wildman–Crippen MR) is 96.2 cm³/mol. The number of benzene rings is 1. The standard InChI is InChI=1S/C18H26N6O/c1-14-7-8-16(11-15(14)2)20-17-5-3-9-23(12-17)18(25)6-4-10-24-13-19-21-22-24/h7-8,11,13,17,20H,3-6,9-10,12H2,1-2H3/t17-/m1/s1. The molecule has 1 amide bonds. The Labute approximate surface area is 148 Å². The predicted octanol–water partition coefficient (Wildman–Crippen LogP) is 2.17. The Morgan fingerprint density at radius 2 is 2.20 bits per heavy atom. The maximum Gasteiger partial charge on any atom is 0.222 e. The number of aromatic nitrogens is 4. The first kappa shape index (κ1) is 17.4. The average Bonchev–Trinajstić information content (AvgIpc) is 3.12. The second-order valence-electron chi connectivity index (χ2n) is 6.80. The zero-order valence-corrected chi connectivity index (χ0v) is 15.0. The number of aryl methyl sites for hydroxylation is 3. The van der Waals surface area contributed by atoms with Crippen LogP contribution in [0.25, 0.3) is 0 Å². The smallest absolute Gasteiger partial charge is 0.222 e. The number of hydrogen-bond acceptors (Lipinski definition) is 5. The lowest BCUT2D eigenvalue weighted by molar-refractivity contribution is -0.132. The minimum Gasteiger partial charge on any atom is -0.381 e. The van der Waals surface area contributed by atoms with Crippen LogP contribution in [0.4, 0.5) is 5.69 Å². The van der Waals surface area contributed by atoms with E-state index in [0.717, 1.165) is 38.0 Å². The second-order valence-corrected chi connectivity index (χ2v) is 6.80. The van der Waals surface area contributed by atoms with E-state index in [4.69, 9.17) is 0 Å². The summed E-state index contributed by atoms with van der Waals surface area (Å²) in [5, 5.41) is 14.6. The van der Waals surface area contributed by atoms with Crippen molar-refractivity contribution in [1.29, 1.82) is 0 Å². The summed E-state index contributed by atoms with van der Waals surface area (Å²) in [5.41, 5.74) is 3.73. The third-order valence-electron chi connectivity index (χ3n) is 4.82.